The minimum absolute atomic E-state index is 0.0560. The Hall–Kier alpha value is -1.62. The van der Waals surface area contributed by atoms with Crippen LogP contribution in [0.3, 0.4) is 0 Å². The molecule has 1 aromatic carbocycles. The number of hydrogen-bond donors (Lipinski definition) is 1. The molecule has 0 saturated carbocycles. The van der Waals surface area contributed by atoms with Crippen LogP contribution in [-0.4, -0.2) is 49.9 Å². The fraction of sp³-hybridized carbons (Fsp3) is 0.417. The summed E-state index contributed by atoms with van der Waals surface area (Å²) in [6, 6.07) is 4.10. The first-order chi connectivity index (χ1) is 7.91. The van der Waals surface area contributed by atoms with E-state index in [1.54, 1.807) is 7.05 Å². The SMILES string of the molecule is CN(C)CCN(C)C(=O)c1ccc(N)cc1F. The van der Waals surface area contributed by atoms with Crippen molar-refractivity contribution in [3.05, 3.63) is 29.6 Å². The van der Waals surface area contributed by atoms with Gasteiger partial charge in [-0.05, 0) is 32.3 Å². The number of rotatable bonds is 4. The van der Waals surface area contributed by atoms with E-state index < -0.39 is 5.82 Å². The summed E-state index contributed by atoms with van der Waals surface area (Å²) in [6.45, 7) is 1.29. The summed E-state index contributed by atoms with van der Waals surface area (Å²) in [7, 11) is 5.49. The summed E-state index contributed by atoms with van der Waals surface area (Å²) >= 11 is 0. The lowest BCUT2D eigenvalue weighted by atomic mass is 10.1. The number of hydrogen-bond acceptors (Lipinski definition) is 3. The van der Waals surface area contributed by atoms with Gasteiger partial charge >= 0.3 is 0 Å². The van der Waals surface area contributed by atoms with Gasteiger partial charge in [-0.2, -0.15) is 0 Å². The quantitative estimate of drug-likeness (QED) is 0.799. The van der Waals surface area contributed by atoms with E-state index in [0.717, 1.165) is 12.6 Å². The lowest BCUT2D eigenvalue weighted by Gasteiger charge is -2.20. The van der Waals surface area contributed by atoms with Gasteiger partial charge in [0.05, 0.1) is 5.56 Å². The maximum Gasteiger partial charge on any atom is 0.256 e. The maximum absolute atomic E-state index is 13.5. The molecular weight excluding hydrogens is 221 g/mol. The van der Waals surface area contributed by atoms with Crippen molar-refractivity contribution in [2.24, 2.45) is 0 Å². The van der Waals surface area contributed by atoms with Crippen LogP contribution in [0.2, 0.25) is 0 Å². The fourth-order valence-electron chi connectivity index (χ4n) is 1.36. The van der Waals surface area contributed by atoms with Gasteiger partial charge in [0.25, 0.3) is 5.91 Å². The molecule has 0 atom stereocenters. The highest BCUT2D eigenvalue weighted by atomic mass is 19.1. The fourth-order valence-corrected chi connectivity index (χ4v) is 1.36. The van der Waals surface area contributed by atoms with Gasteiger partial charge in [0.1, 0.15) is 5.82 Å². The first-order valence-electron chi connectivity index (χ1n) is 5.37. The molecule has 0 aliphatic heterocycles. The summed E-state index contributed by atoms with van der Waals surface area (Å²) in [4.78, 5) is 15.4. The molecule has 5 heteroatoms. The number of nitrogen functional groups attached to an aromatic ring is 1. The molecule has 4 nitrogen and oxygen atoms in total. The van der Waals surface area contributed by atoms with E-state index in [4.69, 9.17) is 5.73 Å². The third-order valence-corrected chi connectivity index (χ3v) is 2.45. The van der Waals surface area contributed by atoms with Crippen molar-refractivity contribution in [2.45, 2.75) is 0 Å². The van der Waals surface area contributed by atoms with E-state index in [9.17, 15) is 9.18 Å². The van der Waals surface area contributed by atoms with Crippen LogP contribution in [0.1, 0.15) is 10.4 Å². The number of likely N-dealkylation sites (N-methyl/N-ethyl adjacent to an activating group) is 2. The molecule has 17 heavy (non-hydrogen) atoms. The highest BCUT2D eigenvalue weighted by molar-refractivity contribution is 5.94. The van der Waals surface area contributed by atoms with Crippen molar-refractivity contribution in [3.8, 4) is 0 Å². The van der Waals surface area contributed by atoms with Gasteiger partial charge in [-0.3, -0.25) is 4.79 Å². The minimum atomic E-state index is -0.577. The Morgan fingerprint density at radius 2 is 1.94 bits per heavy atom. The zero-order valence-electron chi connectivity index (χ0n) is 10.4. The van der Waals surface area contributed by atoms with Crippen LogP contribution in [-0.2, 0) is 0 Å². The lowest BCUT2D eigenvalue weighted by Crippen LogP contribution is -2.33. The van der Waals surface area contributed by atoms with Gasteiger partial charge in [-0.25, -0.2) is 4.39 Å². The second-order valence-corrected chi connectivity index (χ2v) is 4.27. The van der Waals surface area contributed by atoms with E-state index in [1.807, 2.05) is 19.0 Å². The van der Waals surface area contributed by atoms with Gasteiger partial charge < -0.3 is 15.5 Å². The number of amides is 1. The molecular formula is C12H18FN3O. The molecule has 0 aliphatic rings. The van der Waals surface area contributed by atoms with Gasteiger partial charge in [0, 0.05) is 25.8 Å². The largest absolute Gasteiger partial charge is 0.399 e. The summed E-state index contributed by atoms with van der Waals surface area (Å²) < 4.78 is 13.5. The number of anilines is 1. The third-order valence-electron chi connectivity index (χ3n) is 2.45. The predicted molar refractivity (Wildman–Crippen MR) is 66.3 cm³/mol. The lowest BCUT2D eigenvalue weighted by molar-refractivity contribution is 0.0781. The average Bonchev–Trinajstić information content (AvgIpc) is 2.25. The number of benzene rings is 1. The minimum Gasteiger partial charge on any atom is -0.399 e. The number of nitrogens with two attached hydrogens (primary N) is 1. The topological polar surface area (TPSA) is 49.6 Å². The number of nitrogens with zero attached hydrogens (tertiary/aromatic N) is 2. The Morgan fingerprint density at radius 3 is 2.47 bits per heavy atom. The molecule has 0 unspecified atom stereocenters. The van der Waals surface area contributed by atoms with Crippen LogP contribution in [0, 0.1) is 5.82 Å². The van der Waals surface area contributed by atoms with Crippen LogP contribution >= 0.6 is 0 Å². The summed E-state index contributed by atoms with van der Waals surface area (Å²) in [5.41, 5.74) is 5.80. The van der Waals surface area contributed by atoms with Crippen molar-refractivity contribution in [1.82, 2.24) is 9.80 Å². The second kappa shape index (κ2) is 5.63. The zero-order valence-corrected chi connectivity index (χ0v) is 10.4. The molecule has 0 radical (unpaired) electrons. The molecule has 0 saturated heterocycles. The Kier molecular flexibility index (Phi) is 4.45. The first-order valence-corrected chi connectivity index (χ1v) is 5.37. The van der Waals surface area contributed by atoms with Crippen LogP contribution in [0.5, 0.6) is 0 Å². The molecule has 0 aliphatic carbocycles. The van der Waals surface area contributed by atoms with E-state index >= 15 is 0 Å². The molecule has 0 aromatic heterocycles. The number of carbonyl (C=O) groups is 1. The normalized spacial score (nSPS) is 10.6. The van der Waals surface area contributed by atoms with Crippen LogP contribution in [0.25, 0.3) is 0 Å². The smallest absolute Gasteiger partial charge is 0.256 e. The molecule has 1 aromatic rings. The van der Waals surface area contributed by atoms with Crippen molar-refractivity contribution < 1.29 is 9.18 Å². The Labute approximate surface area is 101 Å². The van der Waals surface area contributed by atoms with E-state index in [-0.39, 0.29) is 11.5 Å². The van der Waals surface area contributed by atoms with E-state index in [0.29, 0.717) is 12.2 Å². The molecule has 1 rings (SSSR count). The van der Waals surface area contributed by atoms with Crippen LogP contribution in [0.15, 0.2) is 18.2 Å². The number of halogens is 1. The monoisotopic (exact) mass is 239 g/mol. The summed E-state index contributed by atoms with van der Waals surface area (Å²) in [6.07, 6.45) is 0. The Morgan fingerprint density at radius 1 is 1.29 bits per heavy atom. The van der Waals surface area contributed by atoms with Gasteiger partial charge in [0.15, 0.2) is 0 Å². The average molecular weight is 239 g/mol. The molecule has 2 N–H and O–H groups in total. The zero-order chi connectivity index (χ0) is 13.0. The standard InChI is InChI=1S/C12H18FN3O/c1-15(2)6-7-16(3)12(17)10-5-4-9(14)8-11(10)13/h4-5,8H,6-7,14H2,1-3H3. The predicted octanol–water partition coefficient (Wildman–Crippen LogP) is 1.04. The highest BCUT2D eigenvalue weighted by Crippen LogP contribution is 2.13. The summed E-state index contributed by atoms with van der Waals surface area (Å²) in [5.74, 6) is -0.906. The number of carbonyl (C=O) groups excluding carboxylic acids is 1. The molecule has 0 heterocycles. The second-order valence-electron chi connectivity index (χ2n) is 4.27. The van der Waals surface area contributed by atoms with Gasteiger partial charge in [0.2, 0.25) is 0 Å². The van der Waals surface area contributed by atoms with Crippen LogP contribution < -0.4 is 5.73 Å². The molecule has 0 spiro atoms. The molecule has 0 fully saturated rings. The van der Waals surface area contributed by atoms with Gasteiger partial charge in [-0.15, -0.1) is 0 Å². The maximum atomic E-state index is 13.5. The van der Waals surface area contributed by atoms with Crippen molar-refractivity contribution in [2.75, 3.05) is 40.0 Å². The third kappa shape index (κ3) is 3.71. The van der Waals surface area contributed by atoms with E-state index in [2.05, 4.69) is 0 Å². The first kappa shape index (κ1) is 13.4. The van der Waals surface area contributed by atoms with Crippen molar-refractivity contribution >= 4 is 11.6 Å². The molecule has 1 amide bonds. The summed E-state index contributed by atoms with van der Waals surface area (Å²) in [5, 5.41) is 0. The van der Waals surface area contributed by atoms with E-state index in [1.165, 1.54) is 17.0 Å². The van der Waals surface area contributed by atoms with Crippen LogP contribution in [0.4, 0.5) is 10.1 Å². The van der Waals surface area contributed by atoms with Crippen molar-refractivity contribution in [1.29, 1.82) is 0 Å². The Balaban J connectivity index is 2.75. The van der Waals surface area contributed by atoms with Crippen molar-refractivity contribution in [3.63, 3.8) is 0 Å². The van der Waals surface area contributed by atoms with Gasteiger partial charge in [-0.1, -0.05) is 0 Å². The Bertz CT molecular complexity index is 407. The highest BCUT2D eigenvalue weighted by Gasteiger charge is 2.15. The molecule has 94 valence electrons. The molecule has 0 bridgehead atoms.